The van der Waals surface area contributed by atoms with Crippen molar-refractivity contribution in [2.24, 2.45) is 11.8 Å². The molecule has 30 heavy (non-hydrogen) atoms. The van der Waals surface area contributed by atoms with Crippen LogP contribution < -0.4 is 15.7 Å². The topological polar surface area (TPSA) is 98.3 Å². The molecule has 6 heteroatoms. The first-order chi connectivity index (χ1) is 14.4. The Morgan fingerprint density at radius 3 is 2.17 bits per heavy atom. The Kier molecular flexibility index (Phi) is 6.67. The summed E-state index contributed by atoms with van der Waals surface area (Å²) in [5.74, 6) is -3.26. The van der Waals surface area contributed by atoms with Crippen LogP contribution in [0.3, 0.4) is 0 Å². The SMILES string of the molecule is CC(C)c1ccc(NC(=O)c2ccccc2NC(=O)[C@H]2CC=CC[C@H]2C(=O)[O-])cc1. The van der Waals surface area contributed by atoms with Crippen LogP contribution in [0.2, 0.25) is 0 Å². The largest absolute Gasteiger partial charge is 0.550 e. The zero-order valence-electron chi connectivity index (χ0n) is 17.1. The van der Waals surface area contributed by atoms with Crippen LogP contribution in [-0.2, 0) is 9.59 Å². The van der Waals surface area contributed by atoms with Crippen molar-refractivity contribution in [1.82, 2.24) is 0 Å². The molecule has 0 saturated carbocycles. The molecule has 0 bridgehead atoms. The van der Waals surface area contributed by atoms with Gasteiger partial charge in [0.05, 0.1) is 17.2 Å². The van der Waals surface area contributed by atoms with E-state index in [-0.39, 0.29) is 12.3 Å². The molecule has 0 fully saturated rings. The molecule has 6 nitrogen and oxygen atoms in total. The Labute approximate surface area is 176 Å². The van der Waals surface area contributed by atoms with E-state index in [0.29, 0.717) is 29.3 Å². The standard InChI is InChI=1S/C24H26N2O4/c1-15(2)16-11-13-17(14-12-16)25-23(28)20-9-5-6-10-21(20)26-22(27)18-7-3-4-8-19(18)24(29)30/h3-6,9-15,18-19H,7-8H2,1-2H3,(H,25,28)(H,26,27)(H,29,30)/p-1/t18-,19+/m0/s1. The number of carboxylic acid groups (broad SMARTS) is 1. The summed E-state index contributed by atoms with van der Waals surface area (Å²) in [6.45, 7) is 4.19. The first-order valence-electron chi connectivity index (χ1n) is 10.0. The van der Waals surface area contributed by atoms with Crippen molar-refractivity contribution in [2.45, 2.75) is 32.6 Å². The lowest BCUT2D eigenvalue weighted by atomic mass is 9.82. The van der Waals surface area contributed by atoms with Gasteiger partial charge < -0.3 is 20.5 Å². The van der Waals surface area contributed by atoms with Gasteiger partial charge in [0.15, 0.2) is 0 Å². The molecule has 0 spiro atoms. The minimum absolute atomic E-state index is 0.259. The van der Waals surface area contributed by atoms with Crippen molar-refractivity contribution >= 4 is 29.2 Å². The first kappa shape index (κ1) is 21.3. The van der Waals surface area contributed by atoms with Gasteiger partial charge in [-0.25, -0.2) is 0 Å². The maximum Gasteiger partial charge on any atom is 0.257 e. The van der Waals surface area contributed by atoms with E-state index < -0.39 is 23.7 Å². The van der Waals surface area contributed by atoms with Gasteiger partial charge in [-0.05, 0) is 48.6 Å². The molecule has 156 valence electrons. The Balaban J connectivity index is 1.75. The zero-order valence-corrected chi connectivity index (χ0v) is 17.1. The molecule has 2 atom stereocenters. The Bertz CT molecular complexity index is 963. The van der Waals surface area contributed by atoms with Crippen molar-refractivity contribution in [2.75, 3.05) is 10.6 Å². The van der Waals surface area contributed by atoms with E-state index in [4.69, 9.17) is 0 Å². The number of carboxylic acids is 1. The van der Waals surface area contributed by atoms with Crippen LogP contribution in [0.15, 0.2) is 60.7 Å². The number of anilines is 2. The van der Waals surface area contributed by atoms with Crippen LogP contribution in [0.1, 0.15) is 48.5 Å². The van der Waals surface area contributed by atoms with E-state index in [1.807, 2.05) is 24.3 Å². The zero-order chi connectivity index (χ0) is 21.7. The number of hydrogen-bond donors (Lipinski definition) is 2. The third-order valence-corrected chi connectivity index (χ3v) is 5.34. The fourth-order valence-electron chi connectivity index (χ4n) is 3.53. The highest BCUT2D eigenvalue weighted by Gasteiger charge is 2.30. The van der Waals surface area contributed by atoms with Gasteiger partial charge in [-0.3, -0.25) is 9.59 Å². The van der Waals surface area contributed by atoms with Crippen molar-refractivity contribution in [3.8, 4) is 0 Å². The predicted molar refractivity (Wildman–Crippen MR) is 114 cm³/mol. The predicted octanol–water partition coefficient (Wildman–Crippen LogP) is 3.33. The number of hydrogen-bond acceptors (Lipinski definition) is 4. The molecule has 1 aliphatic carbocycles. The maximum atomic E-state index is 12.8. The summed E-state index contributed by atoms with van der Waals surface area (Å²) in [4.78, 5) is 36.9. The van der Waals surface area contributed by atoms with Gasteiger partial charge in [0.25, 0.3) is 5.91 Å². The van der Waals surface area contributed by atoms with Gasteiger partial charge in [-0.15, -0.1) is 0 Å². The van der Waals surface area contributed by atoms with E-state index >= 15 is 0 Å². The molecular weight excluding hydrogens is 380 g/mol. The maximum absolute atomic E-state index is 12.8. The van der Waals surface area contributed by atoms with Gasteiger partial charge in [0, 0.05) is 17.6 Å². The average Bonchev–Trinajstić information content (AvgIpc) is 2.74. The van der Waals surface area contributed by atoms with E-state index in [1.54, 1.807) is 36.4 Å². The van der Waals surface area contributed by atoms with Gasteiger partial charge in [-0.1, -0.05) is 50.3 Å². The lowest BCUT2D eigenvalue weighted by molar-refractivity contribution is -0.313. The Hall–Kier alpha value is -3.41. The summed E-state index contributed by atoms with van der Waals surface area (Å²) in [5.41, 5.74) is 2.46. The number of aliphatic carboxylic acids is 1. The lowest BCUT2D eigenvalue weighted by Crippen LogP contribution is -2.41. The van der Waals surface area contributed by atoms with E-state index in [2.05, 4.69) is 24.5 Å². The molecule has 0 heterocycles. The molecular formula is C24H25N2O4-. The molecule has 0 aliphatic heterocycles. The number of rotatable bonds is 6. The highest BCUT2D eigenvalue weighted by Crippen LogP contribution is 2.27. The number of benzene rings is 2. The lowest BCUT2D eigenvalue weighted by Gasteiger charge is -2.28. The van der Waals surface area contributed by atoms with E-state index in [9.17, 15) is 19.5 Å². The second kappa shape index (κ2) is 9.39. The Morgan fingerprint density at radius 2 is 1.53 bits per heavy atom. The van der Waals surface area contributed by atoms with Crippen molar-refractivity contribution in [1.29, 1.82) is 0 Å². The summed E-state index contributed by atoms with van der Waals surface area (Å²) in [6, 6.07) is 14.3. The third kappa shape index (κ3) is 4.95. The fourth-order valence-corrected chi connectivity index (χ4v) is 3.53. The summed E-state index contributed by atoms with van der Waals surface area (Å²) < 4.78 is 0. The molecule has 2 amide bonds. The van der Waals surface area contributed by atoms with Crippen LogP contribution in [0.5, 0.6) is 0 Å². The molecule has 0 radical (unpaired) electrons. The van der Waals surface area contributed by atoms with E-state index in [1.165, 1.54) is 5.56 Å². The number of nitrogens with one attached hydrogen (secondary N) is 2. The number of carbonyl (C=O) groups is 3. The fraction of sp³-hybridized carbons (Fsp3) is 0.292. The van der Waals surface area contributed by atoms with Gasteiger partial charge in [0.2, 0.25) is 5.91 Å². The second-order valence-corrected chi connectivity index (χ2v) is 7.74. The van der Waals surface area contributed by atoms with Crippen LogP contribution >= 0.6 is 0 Å². The number of para-hydroxylation sites is 1. The van der Waals surface area contributed by atoms with Crippen molar-refractivity contribution in [3.63, 3.8) is 0 Å². The van der Waals surface area contributed by atoms with Crippen LogP contribution in [0, 0.1) is 11.8 Å². The van der Waals surface area contributed by atoms with Crippen molar-refractivity contribution < 1.29 is 19.5 Å². The van der Waals surface area contributed by atoms with Crippen LogP contribution in [-0.4, -0.2) is 17.8 Å². The quantitative estimate of drug-likeness (QED) is 0.720. The third-order valence-electron chi connectivity index (χ3n) is 5.34. The summed E-state index contributed by atoms with van der Waals surface area (Å²) in [7, 11) is 0. The first-order valence-corrected chi connectivity index (χ1v) is 10.0. The minimum atomic E-state index is -1.24. The monoisotopic (exact) mass is 405 g/mol. The molecule has 0 saturated heterocycles. The highest BCUT2D eigenvalue weighted by molar-refractivity contribution is 6.10. The summed E-state index contributed by atoms with van der Waals surface area (Å²) in [5, 5.41) is 16.9. The number of carbonyl (C=O) groups excluding carboxylic acids is 3. The average molecular weight is 405 g/mol. The summed E-state index contributed by atoms with van der Waals surface area (Å²) in [6.07, 6.45) is 4.12. The van der Waals surface area contributed by atoms with E-state index in [0.717, 1.165) is 0 Å². The number of allylic oxidation sites excluding steroid dienone is 2. The molecule has 1 aliphatic rings. The second-order valence-electron chi connectivity index (χ2n) is 7.74. The minimum Gasteiger partial charge on any atom is -0.550 e. The molecule has 3 rings (SSSR count). The normalized spacial score (nSPS) is 18.1. The Morgan fingerprint density at radius 1 is 0.900 bits per heavy atom. The molecule has 2 N–H and O–H groups in total. The van der Waals surface area contributed by atoms with Gasteiger partial charge >= 0.3 is 0 Å². The van der Waals surface area contributed by atoms with Gasteiger partial charge in [0.1, 0.15) is 0 Å². The molecule has 2 aromatic carbocycles. The highest BCUT2D eigenvalue weighted by atomic mass is 16.4. The molecule has 0 unspecified atom stereocenters. The van der Waals surface area contributed by atoms with Crippen LogP contribution in [0.25, 0.3) is 0 Å². The van der Waals surface area contributed by atoms with Crippen LogP contribution in [0.4, 0.5) is 11.4 Å². The number of amides is 2. The van der Waals surface area contributed by atoms with Gasteiger partial charge in [-0.2, -0.15) is 0 Å². The molecule has 0 aromatic heterocycles. The van der Waals surface area contributed by atoms with Crippen molar-refractivity contribution in [3.05, 3.63) is 71.8 Å². The smallest absolute Gasteiger partial charge is 0.257 e. The summed E-state index contributed by atoms with van der Waals surface area (Å²) >= 11 is 0. The molecule has 2 aromatic rings.